The molecule has 0 saturated heterocycles. The van der Waals surface area contributed by atoms with Gasteiger partial charge < -0.3 is 9.47 Å². The second kappa shape index (κ2) is 11.9. The maximum Gasteiger partial charge on any atom is 0.348 e. The number of aromatic nitrogens is 2. The number of hydrogen-bond donors (Lipinski definition) is 0. The van der Waals surface area contributed by atoms with E-state index in [9.17, 15) is 19.2 Å². The summed E-state index contributed by atoms with van der Waals surface area (Å²) in [6.07, 6.45) is 0.259. The fraction of sp³-hybridized carbons (Fsp3) is 0.375. The zero-order chi connectivity index (χ0) is 24.7. The minimum atomic E-state index is -0.578. The molecule has 0 saturated carbocycles. The molecule has 0 unspecified atom stereocenters. The molecule has 2 heterocycles. The first kappa shape index (κ1) is 25.6. The number of carbonyl (C=O) groups excluding carboxylic acids is 3. The van der Waals surface area contributed by atoms with Crippen LogP contribution in [0, 0.1) is 6.92 Å². The lowest BCUT2D eigenvalue weighted by molar-refractivity contribution is -0.145. The molecule has 0 fully saturated rings. The molecular formula is C24H26N2O6S2. The third-order valence-corrected chi connectivity index (χ3v) is 7.15. The fourth-order valence-corrected chi connectivity index (χ4v) is 5.35. The van der Waals surface area contributed by atoms with E-state index in [0.717, 1.165) is 28.7 Å². The summed E-state index contributed by atoms with van der Waals surface area (Å²) < 4.78 is 11.5. The van der Waals surface area contributed by atoms with Gasteiger partial charge in [-0.05, 0) is 38.3 Å². The highest BCUT2D eigenvalue weighted by molar-refractivity contribution is 7.99. The molecule has 3 rings (SSSR count). The average Bonchev–Trinajstić information content (AvgIpc) is 3.14. The van der Waals surface area contributed by atoms with E-state index >= 15 is 0 Å². The molecule has 10 heteroatoms. The quantitative estimate of drug-likeness (QED) is 0.169. The molecule has 2 aromatic heterocycles. The van der Waals surface area contributed by atoms with Crippen LogP contribution in [-0.2, 0) is 32.0 Å². The smallest absolute Gasteiger partial charge is 0.348 e. The summed E-state index contributed by atoms with van der Waals surface area (Å²) in [5.41, 5.74) is 1.32. The number of fused-ring (bicyclic) bond motifs is 1. The van der Waals surface area contributed by atoms with Crippen molar-refractivity contribution in [3.63, 3.8) is 0 Å². The predicted octanol–water partition coefficient (Wildman–Crippen LogP) is 3.80. The van der Waals surface area contributed by atoms with Gasteiger partial charge >= 0.3 is 11.9 Å². The van der Waals surface area contributed by atoms with E-state index in [0.29, 0.717) is 38.8 Å². The summed E-state index contributed by atoms with van der Waals surface area (Å²) in [5, 5.41) is 0.741. The first-order valence-electron chi connectivity index (χ1n) is 10.9. The van der Waals surface area contributed by atoms with Crippen LogP contribution in [0.4, 0.5) is 0 Å². The number of hydrogen-bond acceptors (Lipinski definition) is 9. The van der Waals surface area contributed by atoms with Crippen LogP contribution in [0.5, 0.6) is 0 Å². The zero-order valence-electron chi connectivity index (χ0n) is 19.3. The van der Waals surface area contributed by atoms with Crippen LogP contribution in [0.25, 0.3) is 10.2 Å². The first-order valence-corrected chi connectivity index (χ1v) is 12.7. The molecule has 0 aliphatic heterocycles. The molecule has 0 amide bonds. The van der Waals surface area contributed by atoms with E-state index in [4.69, 9.17) is 9.47 Å². The van der Waals surface area contributed by atoms with Crippen molar-refractivity contribution in [3.8, 4) is 0 Å². The molecule has 0 aliphatic carbocycles. The van der Waals surface area contributed by atoms with Crippen molar-refractivity contribution in [3.05, 3.63) is 56.7 Å². The summed E-state index contributed by atoms with van der Waals surface area (Å²) in [4.78, 5) is 55.1. The number of aryl methyl sites for hydroxylation is 2. The van der Waals surface area contributed by atoms with Gasteiger partial charge in [-0.25, -0.2) is 9.78 Å². The maximum absolute atomic E-state index is 13.5. The van der Waals surface area contributed by atoms with Crippen LogP contribution >= 0.6 is 23.1 Å². The van der Waals surface area contributed by atoms with E-state index in [1.807, 2.05) is 30.3 Å². The number of ketones is 1. The summed E-state index contributed by atoms with van der Waals surface area (Å²) >= 11 is 2.20. The summed E-state index contributed by atoms with van der Waals surface area (Å²) in [6.45, 7) is 5.89. The number of thiophene rings is 1. The van der Waals surface area contributed by atoms with Crippen molar-refractivity contribution in [1.82, 2.24) is 9.55 Å². The molecule has 0 atom stereocenters. The number of nitrogens with zero attached hydrogens (tertiary/aromatic N) is 2. The molecule has 0 N–H and O–H groups in total. The predicted molar refractivity (Wildman–Crippen MR) is 132 cm³/mol. The van der Waals surface area contributed by atoms with E-state index < -0.39 is 11.9 Å². The highest BCUT2D eigenvalue weighted by atomic mass is 32.2. The van der Waals surface area contributed by atoms with E-state index in [1.54, 1.807) is 20.8 Å². The molecule has 1 aromatic carbocycles. The van der Waals surface area contributed by atoms with Crippen LogP contribution in [0.2, 0.25) is 0 Å². The molecule has 3 aromatic rings. The number of rotatable bonds is 11. The number of thioether (sulfide) groups is 1. The molecular weight excluding hydrogens is 476 g/mol. The van der Waals surface area contributed by atoms with Gasteiger partial charge in [-0.1, -0.05) is 42.1 Å². The van der Waals surface area contributed by atoms with Gasteiger partial charge in [0.05, 0.1) is 24.4 Å². The lowest BCUT2D eigenvalue weighted by Gasteiger charge is -2.12. The molecule has 180 valence electrons. The normalized spacial score (nSPS) is 10.9. The summed E-state index contributed by atoms with van der Waals surface area (Å²) in [7, 11) is 0. The molecule has 0 spiro atoms. The highest BCUT2D eigenvalue weighted by Crippen LogP contribution is 2.30. The Balaban J connectivity index is 1.96. The fourth-order valence-electron chi connectivity index (χ4n) is 3.35. The Morgan fingerprint density at radius 2 is 1.79 bits per heavy atom. The number of ether oxygens (including phenoxy) is 2. The lowest BCUT2D eigenvalue weighted by Crippen LogP contribution is -2.25. The highest BCUT2D eigenvalue weighted by Gasteiger charge is 2.23. The molecule has 0 aliphatic rings. The monoisotopic (exact) mass is 502 g/mol. The topological polar surface area (TPSA) is 105 Å². The van der Waals surface area contributed by atoms with Gasteiger partial charge in [0, 0.05) is 6.54 Å². The van der Waals surface area contributed by atoms with Gasteiger partial charge in [-0.15, -0.1) is 11.3 Å². The summed E-state index contributed by atoms with van der Waals surface area (Å²) in [5.74, 6) is -1.41. The minimum absolute atomic E-state index is 0.0306. The van der Waals surface area contributed by atoms with Crippen molar-refractivity contribution in [2.75, 3.05) is 19.0 Å². The lowest BCUT2D eigenvalue weighted by atomic mass is 10.1. The Labute approximate surface area is 205 Å². The van der Waals surface area contributed by atoms with Crippen LogP contribution < -0.4 is 5.56 Å². The second-order valence-corrected chi connectivity index (χ2v) is 9.29. The first-order chi connectivity index (χ1) is 16.3. The Morgan fingerprint density at radius 1 is 1.09 bits per heavy atom. The Bertz CT molecular complexity index is 1250. The van der Waals surface area contributed by atoms with E-state index in [1.165, 1.54) is 4.57 Å². The SMILES string of the molecule is CCOC(=O)CC(=O)CSc1nc2sc(C(=O)OCC)c(C)c2c(=O)n1CCc1ccccc1. The minimum Gasteiger partial charge on any atom is -0.466 e. The van der Waals surface area contributed by atoms with Crippen molar-refractivity contribution < 1.29 is 23.9 Å². The van der Waals surface area contributed by atoms with Crippen LogP contribution in [0.15, 0.2) is 40.3 Å². The average molecular weight is 503 g/mol. The van der Waals surface area contributed by atoms with E-state index in [-0.39, 0.29) is 36.7 Å². The van der Waals surface area contributed by atoms with Crippen LogP contribution in [0.3, 0.4) is 0 Å². The molecule has 8 nitrogen and oxygen atoms in total. The van der Waals surface area contributed by atoms with Crippen molar-refractivity contribution in [1.29, 1.82) is 0 Å². The molecule has 34 heavy (non-hydrogen) atoms. The number of benzene rings is 1. The Kier molecular flexibility index (Phi) is 9.00. The van der Waals surface area contributed by atoms with Gasteiger partial charge in [0.2, 0.25) is 0 Å². The zero-order valence-corrected chi connectivity index (χ0v) is 20.9. The van der Waals surface area contributed by atoms with Gasteiger partial charge in [0.15, 0.2) is 10.9 Å². The van der Waals surface area contributed by atoms with Crippen LogP contribution in [0.1, 0.15) is 41.1 Å². The number of carbonyl (C=O) groups is 3. The van der Waals surface area contributed by atoms with Crippen LogP contribution in [-0.4, -0.2) is 46.2 Å². The Morgan fingerprint density at radius 3 is 2.47 bits per heavy atom. The van der Waals surface area contributed by atoms with Crippen molar-refractivity contribution >= 4 is 51.0 Å². The molecule has 0 bridgehead atoms. The number of esters is 2. The second-order valence-electron chi connectivity index (χ2n) is 7.35. The third-order valence-electron chi connectivity index (χ3n) is 4.95. The summed E-state index contributed by atoms with van der Waals surface area (Å²) in [6, 6.07) is 9.73. The maximum atomic E-state index is 13.5. The number of Topliss-reactive ketones (excluding diaryl/α,β-unsaturated/α-hetero) is 1. The van der Waals surface area contributed by atoms with Crippen molar-refractivity contribution in [2.45, 2.75) is 45.3 Å². The van der Waals surface area contributed by atoms with Crippen molar-refractivity contribution in [2.24, 2.45) is 0 Å². The van der Waals surface area contributed by atoms with Gasteiger partial charge in [0.1, 0.15) is 16.1 Å². The van der Waals surface area contributed by atoms with E-state index in [2.05, 4.69) is 4.98 Å². The van der Waals surface area contributed by atoms with Gasteiger partial charge in [0.25, 0.3) is 5.56 Å². The molecule has 0 radical (unpaired) electrons. The third kappa shape index (κ3) is 6.12. The van der Waals surface area contributed by atoms with Gasteiger partial charge in [-0.2, -0.15) is 0 Å². The Hall–Kier alpha value is -2.98. The largest absolute Gasteiger partial charge is 0.466 e. The van der Waals surface area contributed by atoms with Gasteiger partial charge in [-0.3, -0.25) is 19.0 Å². The standard InChI is InChI=1S/C24H26N2O6S2/c1-4-31-18(28)13-17(27)14-33-24-25-21-19(15(3)20(34-21)23(30)32-5-2)22(29)26(24)12-11-16-9-7-6-8-10-16/h6-10H,4-5,11-14H2,1-3H3.